The van der Waals surface area contributed by atoms with E-state index in [1.54, 1.807) is 6.07 Å². The van der Waals surface area contributed by atoms with Crippen molar-refractivity contribution in [3.05, 3.63) is 28.8 Å². The molecule has 0 bridgehead atoms. The average molecular weight is 251 g/mol. The molecule has 0 N–H and O–H groups in total. The Morgan fingerprint density at radius 3 is 2.88 bits per heavy atom. The summed E-state index contributed by atoms with van der Waals surface area (Å²) in [5.41, 5.74) is 1.53. The lowest BCUT2D eigenvalue weighted by Gasteiger charge is -2.29. The fourth-order valence-electron chi connectivity index (χ4n) is 2.31. The predicted octanol–water partition coefficient (Wildman–Crippen LogP) is 2.83. The van der Waals surface area contributed by atoms with Crippen LogP contribution in [-0.4, -0.2) is 25.8 Å². The summed E-state index contributed by atoms with van der Waals surface area (Å²) in [4.78, 5) is 2.12. The van der Waals surface area contributed by atoms with Crippen molar-refractivity contribution in [1.82, 2.24) is 0 Å². The van der Waals surface area contributed by atoms with E-state index in [1.165, 1.54) is 0 Å². The summed E-state index contributed by atoms with van der Waals surface area (Å²) >= 11 is 5.89. The first-order valence-corrected chi connectivity index (χ1v) is 6.05. The molecule has 0 aromatic heterocycles. The van der Waals surface area contributed by atoms with E-state index in [0.717, 1.165) is 18.7 Å². The third-order valence-corrected chi connectivity index (χ3v) is 3.53. The Morgan fingerprint density at radius 2 is 2.29 bits per heavy atom. The molecule has 1 saturated heterocycles. The normalized spacial score (nSPS) is 23.4. The number of benzene rings is 1. The summed E-state index contributed by atoms with van der Waals surface area (Å²) in [5, 5.41) is 9.73. The highest BCUT2D eigenvalue weighted by atomic mass is 35.5. The highest BCUT2D eigenvalue weighted by Crippen LogP contribution is 2.28. The van der Waals surface area contributed by atoms with Crippen LogP contribution in [-0.2, 0) is 4.74 Å². The van der Waals surface area contributed by atoms with Gasteiger partial charge in [0, 0.05) is 18.7 Å². The monoisotopic (exact) mass is 250 g/mol. The molecule has 0 saturated carbocycles. The molecule has 90 valence electrons. The van der Waals surface area contributed by atoms with Crippen molar-refractivity contribution in [3.63, 3.8) is 0 Å². The maximum Gasteiger partial charge on any atom is 0.101 e. The van der Waals surface area contributed by atoms with Crippen LogP contribution in [0, 0.1) is 11.3 Å². The van der Waals surface area contributed by atoms with E-state index in [2.05, 4.69) is 17.9 Å². The maximum atomic E-state index is 9.13. The van der Waals surface area contributed by atoms with Crippen molar-refractivity contribution in [3.8, 4) is 6.07 Å². The molecule has 2 atom stereocenters. The summed E-state index contributed by atoms with van der Waals surface area (Å²) in [7, 11) is 2.00. The maximum absolute atomic E-state index is 9.13. The smallest absolute Gasteiger partial charge is 0.101 e. The minimum absolute atomic E-state index is 0.197. The quantitative estimate of drug-likeness (QED) is 0.810. The first kappa shape index (κ1) is 12.2. The van der Waals surface area contributed by atoms with Gasteiger partial charge in [-0.1, -0.05) is 11.6 Å². The summed E-state index contributed by atoms with van der Waals surface area (Å²) < 4.78 is 5.55. The average Bonchev–Trinajstić information content (AvgIpc) is 2.74. The van der Waals surface area contributed by atoms with Gasteiger partial charge in [0.15, 0.2) is 0 Å². The van der Waals surface area contributed by atoms with Gasteiger partial charge in [0.1, 0.15) is 6.07 Å². The van der Waals surface area contributed by atoms with Crippen LogP contribution in [0.25, 0.3) is 0 Å². The molecule has 0 radical (unpaired) electrons. The molecule has 2 unspecified atom stereocenters. The van der Waals surface area contributed by atoms with Gasteiger partial charge < -0.3 is 9.64 Å². The number of nitrogens with zero attached hydrogens (tertiary/aromatic N) is 2. The van der Waals surface area contributed by atoms with Crippen molar-refractivity contribution in [2.75, 3.05) is 18.6 Å². The fourth-order valence-corrected chi connectivity index (χ4v) is 2.49. The van der Waals surface area contributed by atoms with Crippen LogP contribution in [0.15, 0.2) is 18.2 Å². The molecule has 1 fully saturated rings. The van der Waals surface area contributed by atoms with Gasteiger partial charge in [-0.05, 0) is 31.5 Å². The third kappa shape index (κ3) is 2.38. The number of halogens is 1. The van der Waals surface area contributed by atoms with Gasteiger partial charge in [-0.3, -0.25) is 0 Å². The predicted molar refractivity (Wildman–Crippen MR) is 68.4 cm³/mol. The van der Waals surface area contributed by atoms with Crippen molar-refractivity contribution in [2.24, 2.45) is 0 Å². The van der Waals surface area contributed by atoms with Crippen molar-refractivity contribution in [1.29, 1.82) is 5.26 Å². The molecule has 17 heavy (non-hydrogen) atoms. The molecule has 1 aromatic rings. The van der Waals surface area contributed by atoms with Crippen LogP contribution in [0.2, 0.25) is 5.02 Å². The van der Waals surface area contributed by atoms with Crippen LogP contribution < -0.4 is 4.90 Å². The largest absolute Gasteiger partial charge is 0.376 e. The van der Waals surface area contributed by atoms with E-state index < -0.39 is 0 Å². The summed E-state index contributed by atoms with van der Waals surface area (Å²) in [6.45, 7) is 2.85. The Balaban J connectivity index is 2.30. The van der Waals surface area contributed by atoms with Crippen molar-refractivity contribution >= 4 is 17.3 Å². The SMILES string of the molecule is CC1OCCC1N(C)c1ccc(Cl)cc1C#N. The zero-order valence-electron chi connectivity index (χ0n) is 9.98. The molecule has 4 heteroatoms. The van der Waals surface area contributed by atoms with E-state index in [9.17, 15) is 0 Å². The van der Waals surface area contributed by atoms with E-state index in [4.69, 9.17) is 21.6 Å². The lowest BCUT2D eigenvalue weighted by Crippen LogP contribution is -2.37. The molecule has 0 spiro atoms. The summed E-state index contributed by atoms with van der Waals surface area (Å²) in [5.74, 6) is 0. The molecule has 1 aromatic carbocycles. The fraction of sp³-hybridized carbons (Fsp3) is 0.462. The zero-order chi connectivity index (χ0) is 12.4. The number of hydrogen-bond acceptors (Lipinski definition) is 3. The van der Waals surface area contributed by atoms with Crippen molar-refractivity contribution in [2.45, 2.75) is 25.5 Å². The van der Waals surface area contributed by atoms with E-state index >= 15 is 0 Å². The number of nitriles is 1. The van der Waals surface area contributed by atoms with Gasteiger partial charge in [0.25, 0.3) is 0 Å². The van der Waals surface area contributed by atoms with Gasteiger partial charge in [-0.25, -0.2) is 0 Å². The first-order valence-electron chi connectivity index (χ1n) is 5.67. The van der Waals surface area contributed by atoms with Crippen LogP contribution in [0.1, 0.15) is 18.9 Å². The molecule has 1 aliphatic heterocycles. The first-order chi connectivity index (χ1) is 8.13. The lowest BCUT2D eigenvalue weighted by molar-refractivity contribution is 0.118. The number of likely N-dealkylation sites (N-methyl/N-ethyl adjacent to an activating group) is 1. The Kier molecular flexibility index (Phi) is 3.56. The number of rotatable bonds is 2. The summed E-state index contributed by atoms with van der Waals surface area (Å²) in [6, 6.07) is 7.92. The molecule has 2 rings (SSSR count). The molecule has 1 aliphatic rings. The Morgan fingerprint density at radius 1 is 1.53 bits per heavy atom. The Bertz CT molecular complexity index is 455. The molecule has 3 nitrogen and oxygen atoms in total. The topological polar surface area (TPSA) is 36.3 Å². The van der Waals surface area contributed by atoms with Gasteiger partial charge in [-0.15, -0.1) is 0 Å². The second-order valence-corrected chi connectivity index (χ2v) is 4.75. The Hall–Kier alpha value is -1.24. The van der Waals surface area contributed by atoms with E-state index in [-0.39, 0.29) is 6.10 Å². The molecule has 1 heterocycles. The lowest BCUT2D eigenvalue weighted by atomic mass is 10.1. The van der Waals surface area contributed by atoms with E-state index in [0.29, 0.717) is 16.6 Å². The number of hydrogen-bond donors (Lipinski definition) is 0. The zero-order valence-corrected chi connectivity index (χ0v) is 10.7. The molecule has 0 amide bonds. The third-order valence-electron chi connectivity index (χ3n) is 3.29. The van der Waals surface area contributed by atoms with Crippen LogP contribution in [0.4, 0.5) is 5.69 Å². The van der Waals surface area contributed by atoms with Crippen LogP contribution in [0.3, 0.4) is 0 Å². The van der Waals surface area contributed by atoms with Gasteiger partial charge in [0.2, 0.25) is 0 Å². The van der Waals surface area contributed by atoms with Crippen LogP contribution in [0.5, 0.6) is 0 Å². The highest BCUT2D eigenvalue weighted by Gasteiger charge is 2.29. The molecule has 0 aliphatic carbocycles. The molecular formula is C13H15ClN2O. The summed E-state index contributed by atoms with van der Waals surface area (Å²) in [6.07, 6.45) is 1.19. The number of anilines is 1. The number of ether oxygens (including phenoxy) is 1. The minimum Gasteiger partial charge on any atom is -0.376 e. The van der Waals surface area contributed by atoms with Gasteiger partial charge in [-0.2, -0.15) is 5.26 Å². The van der Waals surface area contributed by atoms with Crippen molar-refractivity contribution < 1.29 is 4.74 Å². The minimum atomic E-state index is 0.197. The Labute approximate surface area is 107 Å². The van der Waals surface area contributed by atoms with Gasteiger partial charge >= 0.3 is 0 Å². The highest BCUT2D eigenvalue weighted by molar-refractivity contribution is 6.30. The standard InChI is InChI=1S/C13H15ClN2O/c1-9-12(5-6-17-9)16(2)13-4-3-11(14)7-10(13)8-15/h3-4,7,9,12H,5-6H2,1-2H3. The van der Waals surface area contributed by atoms with E-state index in [1.807, 2.05) is 19.2 Å². The van der Waals surface area contributed by atoms with Crippen LogP contribution >= 0.6 is 11.6 Å². The van der Waals surface area contributed by atoms with Gasteiger partial charge in [0.05, 0.1) is 23.4 Å². The second-order valence-electron chi connectivity index (χ2n) is 4.32. The second kappa shape index (κ2) is 4.95. The molecular weight excluding hydrogens is 236 g/mol.